The number of para-hydroxylation sites is 1. The lowest BCUT2D eigenvalue weighted by molar-refractivity contribution is -0.141. The molecule has 0 N–H and O–H groups in total. The molecule has 1 fully saturated rings. The van der Waals surface area contributed by atoms with Gasteiger partial charge in [0.05, 0.1) is 6.42 Å². The summed E-state index contributed by atoms with van der Waals surface area (Å²) in [6.45, 7) is 2.15. The van der Waals surface area contributed by atoms with Gasteiger partial charge in [0.1, 0.15) is 6.10 Å². The summed E-state index contributed by atoms with van der Waals surface area (Å²) in [5.74, 6) is 0.268. The third-order valence-corrected chi connectivity index (χ3v) is 4.32. The predicted octanol–water partition coefficient (Wildman–Crippen LogP) is 1.85. The van der Waals surface area contributed by atoms with Crippen LogP contribution in [0.1, 0.15) is 29.9 Å². The zero-order valence-corrected chi connectivity index (χ0v) is 9.69. The second kappa shape index (κ2) is 3.25. The van der Waals surface area contributed by atoms with E-state index < -0.39 is 0 Å². The first-order chi connectivity index (χ1) is 8.33. The maximum absolute atomic E-state index is 11.5. The number of fused-ring (bicyclic) bond motifs is 2. The molecule has 17 heavy (non-hydrogen) atoms. The van der Waals surface area contributed by atoms with Crippen molar-refractivity contribution < 1.29 is 9.53 Å². The molecule has 0 saturated carbocycles. The minimum absolute atomic E-state index is 0.0240. The molecule has 3 nitrogen and oxygen atoms in total. The Morgan fingerprint density at radius 1 is 1.29 bits per heavy atom. The predicted molar refractivity (Wildman–Crippen MR) is 64.2 cm³/mol. The van der Waals surface area contributed by atoms with E-state index >= 15 is 0 Å². The molecule has 3 aliphatic rings. The molecule has 0 amide bonds. The SMILES string of the molecule is O=C1CC2c3cccc4c3N(CC4)CCC2O1. The fourth-order valence-electron chi connectivity index (χ4n) is 3.55. The van der Waals surface area contributed by atoms with E-state index in [9.17, 15) is 4.79 Å². The standard InChI is InChI=1S/C14H15NO2/c16-13-8-11-10-3-1-2-9-4-6-15(14(9)10)7-5-12(11)17-13/h1-3,11-12H,4-8H2. The number of rotatable bonds is 0. The Kier molecular flexibility index (Phi) is 1.82. The number of carbonyl (C=O) groups excluding carboxylic acids is 1. The van der Waals surface area contributed by atoms with Crippen LogP contribution in [0.5, 0.6) is 0 Å². The summed E-state index contributed by atoms with van der Waals surface area (Å²) in [5.41, 5.74) is 4.19. The van der Waals surface area contributed by atoms with Gasteiger partial charge in [-0.15, -0.1) is 0 Å². The van der Waals surface area contributed by atoms with Crippen LogP contribution in [0.4, 0.5) is 5.69 Å². The number of hydrogen-bond donors (Lipinski definition) is 0. The van der Waals surface area contributed by atoms with E-state index in [0.717, 1.165) is 25.9 Å². The van der Waals surface area contributed by atoms with Crippen LogP contribution < -0.4 is 4.90 Å². The van der Waals surface area contributed by atoms with Crippen molar-refractivity contribution in [3.05, 3.63) is 29.3 Å². The number of nitrogens with zero attached hydrogens (tertiary/aromatic N) is 1. The van der Waals surface area contributed by atoms with Gasteiger partial charge in [0.2, 0.25) is 0 Å². The molecule has 2 atom stereocenters. The molecule has 0 radical (unpaired) electrons. The van der Waals surface area contributed by atoms with Crippen LogP contribution in [0.3, 0.4) is 0 Å². The maximum atomic E-state index is 11.5. The van der Waals surface area contributed by atoms with Crippen LogP contribution in [0.25, 0.3) is 0 Å². The number of benzene rings is 1. The van der Waals surface area contributed by atoms with E-state index in [0.29, 0.717) is 12.3 Å². The lowest BCUT2D eigenvalue weighted by Gasteiger charge is -2.19. The molecule has 1 aromatic rings. The minimum Gasteiger partial charge on any atom is -0.462 e. The Morgan fingerprint density at radius 2 is 2.24 bits per heavy atom. The van der Waals surface area contributed by atoms with Gasteiger partial charge < -0.3 is 9.64 Å². The van der Waals surface area contributed by atoms with Gasteiger partial charge in [-0.1, -0.05) is 18.2 Å². The van der Waals surface area contributed by atoms with Crippen LogP contribution >= 0.6 is 0 Å². The molecule has 2 unspecified atom stereocenters. The zero-order valence-electron chi connectivity index (χ0n) is 9.69. The van der Waals surface area contributed by atoms with Crippen molar-refractivity contribution in [3.63, 3.8) is 0 Å². The summed E-state index contributed by atoms with van der Waals surface area (Å²) in [7, 11) is 0. The van der Waals surface area contributed by atoms with E-state index in [1.165, 1.54) is 16.8 Å². The van der Waals surface area contributed by atoms with Crippen molar-refractivity contribution in [2.24, 2.45) is 0 Å². The average Bonchev–Trinajstić information content (AvgIpc) is 2.86. The second-order valence-corrected chi connectivity index (χ2v) is 5.22. The number of hydrogen-bond acceptors (Lipinski definition) is 3. The highest BCUT2D eigenvalue weighted by molar-refractivity contribution is 5.76. The largest absolute Gasteiger partial charge is 0.462 e. The van der Waals surface area contributed by atoms with Crippen molar-refractivity contribution in [1.29, 1.82) is 0 Å². The van der Waals surface area contributed by atoms with Crippen LogP contribution in [-0.4, -0.2) is 25.2 Å². The summed E-state index contributed by atoms with van der Waals surface area (Å²) in [4.78, 5) is 13.9. The molecule has 3 heterocycles. The van der Waals surface area contributed by atoms with Crippen LogP contribution in [0.15, 0.2) is 18.2 Å². The van der Waals surface area contributed by atoms with Gasteiger partial charge in [0.25, 0.3) is 0 Å². The summed E-state index contributed by atoms with van der Waals surface area (Å²) >= 11 is 0. The Hall–Kier alpha value is -1.51. The highest BCUT2D eigenvalue weighted by Crippen LogP contribution is 2.45. The summed E-state index contributed by atoms with van der Waals surface area (Å²) in [5, 5.41) is 0. The quantitative estimate of drug-likeness (QED) is 0.636. The number of ether oxygens (including phenoxy) is 1. The van der Waals surface area contributed by atoms with Crippen molar-refractivity contribution in [1.82, 2.24) is 0 Å². The summed E-state index contributed by atoms with van der Waals surface area (Å²) < 4.78 is 5.45. The Morgan fingerprint density at radius 3 is 3.18 bits per heavy atom. The van der Waals surface area contributed by atoms with Gasteiger partial charge in [-0.05, 0) is 17.5 Å². The Balaban J connectivity index is 1.88. The molecule has 3 heteroatoms. The normalized spacial score (nSPS) is 29.6. The number of anilines is 1. The highest BCUT2D eigenvalue weighted by Gasteiger charge is 2.41. The molecule has 3 aliphatic heterocycles. The first-order valence-electron chi connectivity index (χ1n) is 6.39. The fraction of sp³-hybridized carbons (Fsp3) is 0.500. The van der Waals surface area contributed by atoms with E-state index in [1.807, 2.05) is 0 Å². The molecular formula is C14H15NO2. The molecule has 0 bridgehead atoms. The Bertz CT molecular complexity index is 497. The van der Waals surface area contributed by atoms with Gasteiger partial charge in [-0.3, -0.25) is 4.79 Å². The van der Waals surface area contributed by atoms with Gasteiger partial charge in [-0.25, -0.2) is 0 Å². The fourth-order valence-corrected chi connectivity index (χ4v) is 3.55. The highest BCUT2D eigenvalue weighted by atomic mass is 16.5. The van der Waals surface area contributed by atoms with Crippen molar-refractivity contribution in [2.45, 2.75) is 31.3 Å². The maximum Gasteiger partial charge on any atom is 0.306 e. The van der Waals surface area contributed by atoms with Gasteiger partial charge >= 0.3 is 5.97 Å². The molecule has 0 aromatic heterocycles. The number of esters is 1. The zero-order chi connectivity index (χ0) is 11.4. The average molecular weight is 229 g/mol. The van der Waals surface area contributed by atoms with E-state index in [4.69, 9.17) is 4.74 Å². The van der Waals surface area contributed by atoms with Crippen LogP contribution in [-0.2, 0) is 16.0 Å². The molecule has 0 aliphatic carbocycles. The molecular weight excluding hydrogens is 214 g/mol. The van der Waals surface area contributed by atoms with E-state index in [2.05, 4.69) is 23.1 Å². The minimum atomic E-state index is -0.0240. The van der Waals surface area contributed by atoms with Crippen molar-refractivity contribution in [2.75, 3.05) is 18.0 Å². The van der Waals surface area contributed by atoms with E-state index in [1.54, 1.807) is 0 Å². The first-order valence-corrected chi connectivity index (χ1v) is 6.39. The Labute approximate surface area is 100 Å². The number of carbonyl (C=O) groups is 1. The molecule has 4 rings (SSSR count). The van der Waals surface area contributed by atoms with E-state index in [-0.39, 0.29) is 12.1 Å². The van der Waals surface area contributed by atoms with Gasteiger partial charge in [0.15, 0.2) is 0 Å². The first kappa shape index (κ1) is 9.51. The smallest absolute Gasteiger partial charge is 0.306 e. The third-order valence-electron chi connectivity index (χ3n) is 4.32. The van der Waals surface area contributed by atoms with Gasteiger partial charge in [0, 0.05) is 31.1 Å². The second-order valence-electron chi connectivity index (χ2n) is 5.22. The molecule has 1 saturated heterocycles. The summed E-state index contributed by atoms with van der Waals surface area (Å²) in [6, 6.07) is 6.53. The van der Waals surface area contributed by atoms with Crippen molar-refractivity contribution >= 4 is 11.7 Å². The van der Waals surface area contributed by atoms with Crippen LogP contribution in [0.2, 0.25) is 0 Å². The topological polar surface area (TPSA) is 29.5 Å². The lowest BCUT2D eigenvalue weighted by Crippen LogP contribution is -2.23. The third kappa shape index (κ3) is 1.25. The molecule has 1 aromatic carbocycles. The monoisotopic (exact) mass is 229 g/mol. The van der Waals surface area contributed by atoms with Gasteiger partial charge in [-0.2, -0.15) is 0 Å². The lowest BCUT2D eigenvalue weighted by atomic mass is 9.89. The molecule has 88 valence electrons. The summed E-state index contributed by atoms with van der Waals surface area (Å²) in [6.07, 6.45) is 2.80. The molecule has 0 spiro atoms. The van der Waals surface area contributed by atoms with Crippen molar-refractivity contribution in [3.8, 4) is 0 Å². The van der Waals surface area contributed by atoms with Crippen LogP contribution in [0, 0.1) is 0 Å².